The van der Waals surface area contributed by atoms with Crippen molar-refractivity contribution < 1.29 is 9.90 Å². The van der Waals surface area contributed by atoms with Crippen molar-refractivity contribution in [2.24, 2.45) is 28.6 Å². The largest absolute Gasteiger partial charge is 0.392 e. The van der Waals surface area contributed by atoms with E-state index < -0.39 is 0 Å². The molecule has 0 aromatic rings. The van der Waals surface area contributed by atoms with Crippen molar-refractivity contribution in [2.75, 3.05) is 0 Å². The van der Waals surface area contributed by atoms with Crippen molar-refractivity contribution in [3.05, 3.63) is 11.6 Å². The van der Waals surface area contributed by atoms with Gasteiger partial charge in [-0.15, -0.1) is 0 Å². The van der Waals surface area contributed by atoms with Gasteiger partial charge in [0, 0.05) is 28.5 Å². The highest BCUT2D eigenvalue weighted by molar-refractivity contribution is 7.80. The van der Waals surface area contributed by atoms with Crippen LogP contribution in [-0.2, 0) is 4.79 Å². The molecule has 0 aliphatic heterocycles. The maximum absolute atomic E-state index is 12.4. The Bertz CT molecular complexity index is 580. The molecule has 4 aliphatic carbocycles. The third kappa shape index (κ3) is 1.76. The summed E-state index contributed by atoms with van der Waals surface area (Å²) in [6.07, 6.45) is 8.63. The normalized spacial score (nSPS) is 51.0. The first-order chi connectivity index (χ1) is 10.4. The van der Waals surface area contributed by atoms with Crippen molar-refractivity contribution in [1.82, 2.24) is 0 Å². The van der Waals surface area contributed by atoms with Gasteiger partial charge in [0.15, 0.2) is 0 Å². The summed E-state index contributed by atoms with van der Waals surface area (Å²) >= 11 is 5.77. The van der Waals surface area contributed by atoms with Gasteiger partial charge >= 0.3 is 0 Å². The summed E-state index contributed by atoms with van der Waals surface area (Å²) in [4.78, 5) is 13.5. The number of aliphatic hydroxyl groups is 1. The summed E-state index contributed by atoms with van der Waals surface area (Å²) in [6, 6.07) is 0. The molecule has 0 heterocycles. The van der Waals surface area contributed by atoms with E-state index in [1.54, 1.807) is 0 Å². The van der Waals surface area contributed by atoms with Gasteiger partial charge in [0.2, 0.25) is 0 Å². The smallest absolute Gasteiger partial charge is 0.139 e. The number of thiocarbonyl (C=S) groups is 1. The van der Waals surface area contributed by atoms with Crippen molar-refractivity contribution in [1.29, 1.82) is 0 Å². The molecule has 1 N–H and O–H groups in total. The summed E-state index contributed by atoms with van der Waals surface area (Å²) in [5.41, 5.74) is 1.30. The van der Waals surface area contributed by atoms with E-state index in [1.807, 2.05) is 0 Å². The van der Waals surface area contributed by atoms with Crippen LogP contribution in [0, 0.1) is 28.6 Å². The number of ketones is 1. The van der Waals surface area contributed by atoms with Gasteiger partial charge in [0.1, 0.15) is 5.78 Å². The van der Waals surface area contributed by atoms with Crippen molar-refractivity contribution in [3.8, 4) is 0 Å². The second-order valence-corrected chi connectivity index (χ2v) is 8.94. The van der Waals surface area contributed by atoms with Crippen LogP contribution in [0.5, 0.6) is 0 Å². The van der Waals surface area contributed by atoms with Gasteiger partial charge in [-0.2, -0.15) is 0 Å². The molecule has 6 atom stereocenters. The standard InChI is InChI=1S/C19H26O2S/c1-18-8-7-15-13(14(18)5-6-16(18)21)4-3-11-9-12(20)10-17(22)19(11,15)2/h3,12-15,20H,4-10H2,1-2H3/t12-,13+,14+,15+,18+,19+/m1/s1. The predicted molar refractivity (Wildman–Crippen MR) is 90.7 cm³/mol. The Morgan fingerprint density at radius 3 is 2.77 bits per heavy atom. The molecule has 0 amide bonds. The molecule has 0 unspecified atom stereocenters. The molecule has 0 bridgehead atoms. The highest BCUT2D eigenvalue weighted by Gasteiger charge is 2.59. The van der Waals surface area contributed by atoms with E-state index in [9.17, 15) is 9.90 Å². The molecule has 4 rings (SSSR count). The van der Waals surface area contributed by atoms with Gasteiger partial charge in [-0.3, -0.25) is 4.79 Å². The van der Waals surface area contributed by atoms with E-state index in [0.717, 1.165) is 43.4 Å². The lowest BCUT2D eigenvalue weighted by atomic mass is 9.48. The van der Waals surface area contributed by atoms with Crippen molar-refractivity contribution >= 4 is 22.9 Å². The molecule has 0 aromatic heterocycles. The Kier molecular flexibility index (Phi) is 3.23. The highest BCUT2D eigenvalue weighted by atomic mass is 32.1. The number of allylic oxidation sites excluding steroid dienone is 1. The Morgan fingerprint density at radius 2 is 2.00 bits per heavy atom. The summed E-state index contributed by atoms with van der Waals surface area (Å²) in [5.74, 6) is 2.23. The second-order valence-electron chi connectivity index (χ2n) is 8.45. The topological polar surface area (TPSA) is 37.3 Å². The van der Waals surface area contributed by atoms with Crippen LogP contribution in [0.4, 0.5) is 0 Å². The van der Waals surface area contributed by atoms with Crippen molar-refractivity contribution in [3.63, 3.8) is 0 Å². The van der Waals surface area contributed by atoms with Gasteiger partial charge in [-0.25, -0.2) is 0 Å². The third-order valence-electron chi connectivity index (χ3n) is 7.65. The van der Waals surface area contributed by atoms with Gasteiger partial charge in [0.25, 0.3) is 0 Å². The number of hydrogen-bond acceptors (Lipinski definition) is 3. The quantitative estimate of drug-likeness (QED) is 0.544. The van der Waals surface area contributed by atoms with E-state index in [-0.39, 0.29) is 16.9 Å². The summed E-state index contributed by atoms with van der Waals surface area (Å²) in [7, 11) is 0. The second kappa shape index (κ2) is 4.73. The first-order valence-corrected chi connectivity index (χ1v) is 9.22. The number of fused-ring (bicyclic) bond motifs is 5. The number of rotatable bonds is 0. The molecule has 3 fully saturated rings. The molecule has 22 heavy (non-hydrogen) atoms. The molecule has 0 saturated heterocycles. The van der Waals surface area contributed by atoms with Crippen LogP contribution < -0.4 is 0 Å². The molecular weight excluding hydrogens is 292 g/mol. The SMILES string of the molecule is C[C@]12C(=S)C[C@H](O)CC1=CC[C@@H]1[C@@H]2CC[C@]2(C)C(=O)CC[C@@H]12. The maximum Gasteiger partial charge on any atom is 0.139 e. The zero-order chi connectivity index (χ0) is 15.7. The molecule has 2 nitrogen and oxygen atoms in total. The minimum Gasteiger partial charge on any atom is -0.392 e. The molecule has 3 saturated carbocycles. The first kappa shape index (κ1) is 15.0. The fourth-order valence-electron chi connectivity index (χ4n) is 6.27. The summed E-state index contributed by atoms with van der Waals surface area (Å²) in [5, 5.41) is 10.1. The lowest BCUT2D eigenvalue weighted by molar-refractivity contribution is -0.130. The van der Waals surface area contributed by atoms with E-state index >= 15 is 0 Å². The van der Waals surface area contributed by atoms with Crippen LogP contribution >= 0.6 is 12.2 Å². The molecule has 0 spiro atoms. The molecule has 0 aromatic carbocycles. The van der Waals surface area contributed by atoms with Gasteiger partial charge in [0.05, 0.1) is 6.10 Å². The highest BCUT2D eigenvalue weighted by Crippen LogP contribution is 2.63. The number of carbonyl (C=O) groups is 1. The molecule has 3 heteroatoms. The lowest BCUT2D eigenvalue weighted by Gasteiger charge is -2.56. The molecule has 120 valence electrons. The predicted octanol–water partition coefficient (Wildman–Crippen LogP) is 3.86. The Balaban J connectivity index is 1.74. The average Bonchev–Trinajstić information content (AvgIpc) is 2.77. The lowest BCUT2D eigenvalue weighted by Crippen LogP contribution is -2.53. The number of Topliss-reactive ketones (excluding diaryl/α,β-unsaturated/α-hetero) is 1. The fraction of sp³-hybridized carbons (Fsp3) is 0.789. The zero-order valence-corrected chi connectivity index (χ0v) is 14.4. The average molecular weight is 318 g/mol. The molecule has 0 radical (unpaired) electrons. The Labute approximate surface area is 138 Å². The van der Waals surface area contributed by atoms with Crippen LogP contribution in [0.25, 0.3) is 0 Å². The number of hydrogen-bond donors (Lipinski definition) is 1. The van der Waals surface area contributed by atoms with Gasteiger partial charge in [-0.05, 0) is 49.9 Å². The van der Waals surface area contributed by atoms with Gasteiger partial charge < -0.3 is 5.11 Å². The van der Waals surface area contributed by atoms with E-state index in [0.29, 0.717) is 30.0 Å². The van der Waals surface area contributed by atoms with Crippen LogP contribution in [0.3, 0.4) is 0 Å². The maximum atomic E-state index is 12.4. The van der Waals surface area contributed by atoms with Crippen LogP contribution in [0.1, 0.15) is 58.8 Å². The van der Waals surface area contributed by atoms with Crippen LogP contribution in [0.15, 0.2) is 11.6 Å². The third-order valence-corrected chi connectivity index (χ3v) is 8.24. The molecular formula is C19H26O2S. The number of aliphatic hydroxyl groups excluding tert-OH is 1. The first-order valence-electron chi connectivity index (χ1n) is 8.81. The minimum atomic E-state index is -0.287. The Morgan fingerprint density at radius 1 is 1.23 bits per heavy atom. The van der Waals surface area contributed by atoms with E-state index in [1.165, 1.54) is 5.57 Å². The minimum absolute atomic E-state index is 0.00948. The number of carbonyl (C=O) groups excluding carboxylic acids is 1. The Hall–Kier alpha value is -0.540. The van der Waals surface area contributed by atoms with E-state index in [4.69, 9.17) is 12.2 Å². The summed E-state index contributed by atoms with van der Waals surface area (Å²) < 4.78 is 0. The van der Waals surface area contributed by atoms with Crippen LogP contribution in [0.2, 0.25) is 0 Å². The fourth-order valence-corrected chi connectivity index (χ4v) is 6.74. The summed E-state index contributed by atoms with van der Waals surface area (Å²) in [6.45, 7) is 4.54. The van der Waals surface area contributed by atoms with Crippen molar-refractivity contribution in [2.45, 2.75) is 64.9 Å². The van der Waals surface area contributed by atoms with Gasteiger partial charge in [-0.1, -0.05) is 37.7 Å². The van der Waals surface area contributed by atoms with Crippen LogP contribution in [-0.4, -0.2) is 21.9 Å². The van der Waals surface area contributed by atoms with E-state index in [2.05, 4.69) is 19.9 Å². The molecule has 4 aliphatic rings. The zero-order valence-electron chi connectivity index (χ0n) is 13.6. The monoisotopic (exact) mass is 318 g/mol.